The van der Waals surface area contributed by atoms with Gasteiger partial charge in [-0.25, -0.2) is 4.79 Å². The van der Waals surface area contributed by atoms with Gasteiger partial charge < -0.3 is 19.7 Å². The predicted molar refractivity (Wildman–Crippen MR) is 72.6 cm³/mol. The van der Waals surface area contributed by atoms with E-state index in [2.05, 4.69) is 0 Å². The first-order chi connectivity index (χ1) is 10.1. The summed E-state index contributed by atoms with van der Waals surface area (Å²) in [6.45, 7) is 0. The standard InChI is InChI=1S/C16H14O5/c17-14(9-11-5-2-1-3-6-11)16(20)21-13-8-4-7-12(10-13)15(18)19/h1-8,10,14,17H,9H2,(H,18,19)/p-1. The van der Waals surface area contributed by atoms with E-state index in [1.807, 2.05) is 6.07 Å². The third-order valence-corrected chi connectivity index (χ3v) is 2.83. The first kappa shape index (κ1) is 14.7. The minimum atomic E-state index is -1.36. The fourth-order valence-corrected chi connectivity index (χ4v) is 1.79. The van der Waals surface area contributed by atoms with E-state index in [0.717, 1.165) is 5.56 Å². The number of ether oxygens (including phenoxy) is 1. The van der Waals surface area contributed by atoms with E-state index in [0.29, 0.717) is 0 Å². The van der Waals surface area contributed by atoms with E-state index in [1.54, 1.807) is 24.3 Å². The molecular weight excluding hydrogens is 272 g/mol. The summed E-state index contributed by atoms with van der Waals surface area (Å²) in [5.41, 5.74) is 0.697. The third-order valence-electron chi connectivity index (χ3n) is 2.83. The highest BCUT2D eigenvalue weighted by molar-refractivity contribution is 5.86. The summed E-state index contributed by atoms with van der Waals surface area (Å²) in [7, 11) is 0. The molecule has 0 radical (unpaired) electrons. The SMILES string of the molecule is O=C([O-])c1cccc(OC(=O)C(O)Cc2ccccc2)c1. The molecule has 5 heteroatoms. The Bertz CT molecular complexity index is 636. The van der Waals surface area contributed by atoms with Gasteiger partial charge in [0.2, 0.25) is 0 Å². The lowest BCUT2D eigenvalue weighted by molar-refractivity contribution is -0.255. The third kappa shape index (κ3) is 4.15. The molecule has 5 nitrogen and oxygen atoms in total. The van der Waals surface area contributed by atoms with Gasteiger partial charge in [0.1, 0.15) is 5.75 Å². The van der Waals surface area contributed by atoms with Crippen LogP contribution in [-0.4, -0.2) is 23.1 Å². The number of esters is 1. The van der Waals surface area contributed by atoms with Crippen molar-refractivity contribution in [3.8, 4) is 5.75 Å². The van der Waals surface area contributed by atoms with E-state index in [-0.39, 0.29) is 17.7 Å². The van der Waals surface area contributed by atoms with Gasteiger partial charge in [0, 0.05) is 12.0 Å². The topological polar surface area (TPSA) is 86.7 Å². The monoisotopic (exact) mass is 285 g/mol. The average Bonchev–Trinajstić information content (AvgIpc) is 2.48. The van der Waals surface area contributed by atoms with Crippen LogP contribution < -0.4 is 9.84 Å². The number of hydrogen-bond acceptors (Lipinski definition) is 5. The van der Waals surface area contributed by atoms with Gasteiger partial charge in [-0.1, -0.05) is 42.5 Å². The first-order valence-electron chi connectivity index (χ1n) is 6.31. The Morgan fingerprint density at radius 1 is 1.10 bits per heavy atom. The number of hydrogen-bond donors (Lipinski definition) is 1. The van der Waals surface area contributed by atoms with Crippen molar-refractivity contribution in [2.75, 3.05) is 0 Å². The molecule has 1 atom stereocenters. The first-order valence-corrected chi connectivity index (χ1v) is 6.31. The molecule has 0 spiro atoms. The molecule has 0 saturated carbocycles. The van der Waals surface area contributed by atoms with Crippen LogP contribution in [0.5, 0.6) is 5.75 Å². The number of aliphatic hydroxyl groups is 1. The van der Waals surface area contributed by atoms with E-state index in [9.17, 15) is 19.8 Å². The van der Waals surface area contributed by atoms with E-state index < -0.39 is 18.0 Å². The fraction of sp³-hybridized carbons (Fsp3) is 0.125. The molecule has 1 unspecified atom stereocenters. The van der Waals surface area contributed by atoms with E-state index in [4.69, 9.17) is 4.74 Å². The number of carbonyl (C=O) groups excluding carboxylic acids is 2. The van der Waals surface area contributed by atoms with Crippen LogP contribution in [0.25, 0.3) is 0 Å². The van der Waals surface area contributed by atoms with Gasteiger partial charge >= 0.3 is 5.97 Å². The largest absolute Gasteiger partial charge is 0.545 e. The normalized spacial score (nSPS) is 11.7. The summed E-state index contributed by atoms with van der Waals surface area (Å²) in [6, 6.07) is 14.4. The maximum Gasteiger partial charge on any atom is 0.340 e. The van der Waals surface area contributed by atoms with E-state index >= 15 is 0 Å². The van der Waals surface area contributed by atoms with Crippen molar-refractivity contribution in [1.82, 2.24) is 0 Å². The number of benzene rings is 2. The van der Waals surface area contributed by atoms with Crippen molar-refractivity contribution in [1.29, 1.82) is 0 Å². The number of rotatable bonds is 5. The van der Waals surface area contributed by atoms with Crippen LogP contribution >= 0.6 is 0 Å². The molecule has 21 heavy (non-hydrogen) atoms. The van der Waals surface area contributed by atoms with Crippen molar-refractivity contribution >= 4 is 11.9 Å². The second-order valence-electron chi connectivity index (χ2n) is 4.44. The summed E-state index contributed by atoms with van der Waals surface area (Å²) in [4.78, 5) is 22.5. The molecule has 0 aliphatic rings. The number of aromatic carboxylic acids is 1. The van der Waals surface area contributed by atoms with Crippen LogP contribution in [0.1, 0.15) is 15.9 Å². The highest BCUT2D eigenvalue weighted by atomic mass is 16.5. The molecule has 0 amide bonds. The summed E-state index contributed by atoms with van der Waals surface area (Å²) in [5.74, 6) is -2.15. The van der Waals surface area contributed by atoms with Crippen LogP contribution in [0.3, 0.4) is 0 Å². The number of carboxylic acids is 1. The summed E-state index contributed by atoms with van der Waals surface area (Å²) < 4.78 is 4.96. The molecule has 0 fully saturated rings. The molecule has 0 heterocycles. The molecule has 108 valence electrons. The molecule has 2 aromatic carbocycles. The molecule has 0 saturated heterocycles. The number of carboxylic acid groups (broad SMARTS) is 1. The molecule has 2 aromatic rings. The Kier molecular flexibility index (Phi) is 4.68. The van der Waals surface area contributed by atoms with Crippen molar-refractivity contribution in [3.63, 3.8) is 0 Å². The Morgan fingerprint density at radius 2 is 1.81 bits per heavy atom. The zero-order valence-corrected chi connectivity index (χ0v) is 11.1. The summed E-state index contributed by atoms with van der Waals surface area (Å²) in [6.07, 6.45) is -1.20. The molecule has 2 rings (SSSR count). The van der Waals surface area contributed by atoms with Gasteiger partial charge in [-0.3, -0.25) is 0 Å². The van der Waals surface area contributed by atoms with Crippen molar-refractivity contribution in [3.05, 3.63) is 65.7 Å². The van der Waals surface area contributed by atoms with Crippen LogP contribution in [0, 0.1) is 0 Å². The molecule has 0 aliphatic carbocycles. The smallest absolute Gasteiger partial charge is 0.340 e. The Labute approximate surface area is 121 Å². The minimum absolute atomic E-state index is 0.0498. The second-order valence-corrected chi connectivity index (χ2v) is 4.44. The van der Waals surface area contributed by atoms with E-state index in [1.165, 1.54) is 24.3 Å². The van der Waals surface area contributed by atoms with Gasteiger partial charge in [0.15, 0.2) is 6.10 Å². The molecule has 0 bridgehead atoms. The van der Waals surface area contributed by atoms with Gasteiger partial charge in [-0.2, -0.15) is 0 Å². The highest BCUT2D eigenvalue weighted by Gasteiger charge is 2.18. The Balaban J connectivity index is 2.00. The van der Waals surface area contributed by atoms with Crippen LogP contribution in [0.4, 0.5) is 0 Å². The second kappa shape index (κ2) is 6.67. The van der Waals surface area contributed by atoms with Gasteiger partial charge in [0.05, 0.1) is 5.97 Å². The van der Waals surface area contributed by atoms with Gasteiger partial charge in [-0.05, 0) is 17.7 Å². The average molecular weight is 285 g/mol. The number of aliphatic hydroxyl groups excluding tert-OH is 1. The molecular formula is C16H13O5-. The maximum atomic E-state index is 11.8. The van der Waals surface area contributed by atoms with Crippen molar-refractivity contribution in [2.24, 2.45) is 0 Å². The maximum absolute atomic E-state index is 11.8. The zero-order valence-electron chi connectivity index (χ0n) is 11.1. The predicted octanol–water partition coefficient (Wildman–Crippen LogP) is 0.559. The summed E-state index contributed by atoms with van der Waals surface area (Å²) >= 11 is 0. The van der Waals surface area contributed by atoms with Gasteiger partial charge in [0.25, 0.3) is 0 Å². The quantitative estimate of drug-likeness (QED) is 0.640. The lowest BCUT2D eigenvalue weighted by Gasteiger charge is -2.11. The Morgan fingerprint density at radius 3 is 2.48 bits per heavy atom. The Hall–Kier alpha value is -2.66. The van der Waals surface area contributed by atoms with Crippen LogP contribution in [0.2, 0.25) is 0 Å². The zero-order chi connectivity index (χ0) is 15.2. The summed E-state index contributed by atoms with van der Waals surface area (Å²) in [5, 5.41) is 20.5. The highest BCUT2D eigenvalue weighted by Crippen LogP contribution is 2.14. The van der Waals surface area contributed by atoms with Crippen LogP contribution in [-0.2, 0) is 11.2 Å². The molecule has 0 aromatic heterocycles. The number of carbonyl (C=O) groups is 2. The fourth-order valence-electron chi connectivity index (χ4n) is 1.79. The van der Waals surface area contributed by atoms with Crippen LogP contribution in [0.15, 0.2) is 54.6 Å². The van der Waals surface area contributed by atoms with Crippen molar-refractivity contribution in [2.45, 2.75) is 12.5 Å². The van der Waals surface area contributed by atoms with Crippen molar-refractivity contribution < 1.29 is 24.5 Å². The molecule has 0 aliphatic heterocycles. The van der Waals surface area contributed by atoms with Gasteiger partial charge in [-0.15, -0.1) is 0 Å². The lowest BCUT2D eigenvalue weighted by Crippen LogP contribution is -2.28. The minimum Gasteiger partial charge on any atom is -0.545 e. The molecule has 1 N–H and O–H groups in total. The lowest BCUT2D eigenvalue weighted by atomic mass is 10.1.